The number of thioether (sulfide) groups is 1. The molecule has 1 atom stereocenters. The van der Waals surface area contributed by atoms with Crippen molar-refractivity contribution in [1.82, 2.24) is 9.78 Å². The van der Waals surface area contributed by atoms with Crippen molar-refractivity contribution in [2.75, 3.05) is 0 Å². The molecule has 0 aliphatic carbocycles. The summed E-state index contributed by atoms with van der Waals surface area (Å²) in [7, 11) is 0. The van der Waals surface area contributed by atoms with Gasteiger partial charge in [-0.25, -0.2) is 0 Å². The van der Waals surface area contributed by atoms with Crippen LogP contribution in [0.5, 0.6) is 0 Å². The minimum absolute atomic E-state index is 0.508. The van der Waals surface area contributed by atoms with Crippen molar-refractivity contribution >= 4 is 22.7 Å². The quantitative estimate of drug-likeness (QED) is 0.340. The maximum atomic E-state index is 4.61. The van der Waals surface area contributed by atoms with Gasteiger partial charge in [0, 0.05) is 22.1 Å². The largest absolute Gasteiger partial charge is 0.265 e. The molecule has 0 aliphatic heterocycles. The maximum Gasteiger partial charge on any atom is 0.0682 e. The first-order valence-corrected chi connectivity index (χ1v) is 10.7. The van der Waals surface area contributed by atoms with E-state index in [-0.39, 0.29) is 0 Å². The van der Waals surface area contributed by atoms with Gasteiger partial charge in [-0.3, -0.25) is 4.68 Å². The van der Waals surface area contributed by atoms with E-state index in [0.29, 0.717) is 5.25 Å². The molecule has 0 amide bonds. The first-order chi connectivity index (χ1) is 13.7. The first kappa shape index (κ1) is 18.8. The Kier molecular flexibility index (Phi) is 5.82. The molecule has 0 saturated carbocycles. The van der Waals surface area contributed by atoms with Crippen LogP contribution < -0.4 is 0 Å². The fourth-order valence-corrected chi connectivity index (χ4v) is 4.65. The molecule has 1 unspecified atom stereocenters. The molecule has 0 radical (unpaired) electrons. The minimum Gasteiger partial charge on any atom is -0.265 e. The van der Waals surface area contributed by atoms with E-state index < -0.39 is 0 Å². The van der Waals surface area contributed by atoms with E-state index in [1.807, 2.05) is 18.0 Å². The Morgan fingerprint density at radius 2 is 1.54 bits per heavy atom. The molecule has 28 heavy (non-hydrogen) atoms. The van der Waals surface area contributed by atoms with E-state index in [1.165, 1.54) is 32.5 Å². The van der Waals surface area contributed by atoms with Crippen LogP contribution in [-0.2, 0) is 13.0 Å². The summed E-state index contributed by atoms with van der Waals surface area (Å²) >= 11 is 1.98. The summed E-state index contributed by atoms with van der Waals surface area (Å²) in [4.78, 5) is 1.34. The molecule has 142 valence electrons. The van der Waals surface area contributed by atoms with Gasteiger partial charge in [0.05, 0.1) is 11.7 Å². The zero-order valence-electron chi connectivity index (χ0n) is 16.5. The number of aromatic nitrogens is 2. The maximum absolute atomic E-state index is 4.61. The van der Waals surface area contributed by atoms with E-state index >= 15 is 0 Å². The average Bonchev–Trinajstić information content (AvgIpc) is 3.13. The number of hydrogen-bond acceptors (Lipinski definition) is 2. The summed E-state index contributed by atoms with van der Waals surface area (Å²) in [5.41, 5.74) is 5.24. The van der Waals surface area contributed by atoms with Crippen LogP contribution in [0.3, 0.4) is 0 Å². The summed E-state index contributed by atoms with van der Waals surface area (Å²) in [6.07, 6.45) is 4.12. The number of rotatable bonds is 7. The van der Waals surface area contributed by atoms with Crippen molar-refractivity contribution in [2.24, 2.45) is 0 Å². The van der Waals surface area contributed by atoms with Gasteiger partial charge in [-0.1, -0.05) is 65.7 Å². The highest BCUT2D eigenvalue weighted by Crippen LogP contribution is 2.29. The van der Waals surface area contributed by atoms with E-state index in [9.17, 15) is 0 Å². The third-order valence-corrected chi connectivity index (χ3v) is 6.40. The van der Waals surface area contributed by atoms with Gasteiger partial charge in [-0.05, 0) is 50.5 Å². The smallest absolute Gasteiger partial charge is 0.0682 e. The number of benzene rings is 3. The lowest BCUT2D eigenvalue weighted by Crippen LogP contribution is -2.12. The predicted octanol–water partition coefficient (Wildman–Crippen LogP) is 6.45. The van der Waals surface area contributed by atoms with Crippen LogP contribution in [-0.4, -0.2) is 15.0 Å². The molecular formula is C25H26N2S. The Morgan fingerprint density at radius 3 is 2.29 bits per heavy atom. The highest BCUT2D eigenvalue weighted by atomic mass is 32.2. The van der Waals surface area contributed by atoms with Crippen molar-refractivity contribution in [3.63, 3.8) is 0 Å². The number of fused-ring (bicyclic) bond motifs is 1. The van der Waals surface area contributed by atoms with Crippen LogP contribution in [0.4, 0.5) is 0 Å². The van der Waals surface area contributed by atoms with Crippen LogP contribution in [0, 0.1) is 13.8 Å². The SMILES string of the molecule is Cc1ccc(CC(CCn2ncc3ccccc32)Sc2ccc(C)cc2)cc1. The van der Waals surface area contributed by atoms with Gasteiger partial charge in [0.15, 0.2) is 0 Å². The lowest BCUT2D eigenvalue weighted by molar-refractivity contribution is 0.580. The van der Waals surface area contributed by atoms with Crippen molar-refractivity contribution in [3.05, 3.63) is 95.7 Å². The van der Waals surface area contributed by atoms with Crippen molar-refractivity contribution in [2.45, 2.75) is 43.4 Å². The normalized spacial score (nSPS) is 12.4. The molecule has 0 fully saturated rings. The molecular weight excluding hydrogens is 360 g/mol. The Morgan fingerprint density at radius 1 is 0.857 bits per heavy atom. The predicted molar refractivity (Wildman–Crippen MR) is 120 cm³/mol. The molecule has 3 heteroatoms. The zero-order chi connectivity index (χ0) is 19.3. The van der Waals surface area contributed by atoms with E-state index in [4.69, 9.17) is 0 Å². The number of hydrogen-bond donors (Lipinski definition) is 0. The Hall–Kier alpha value is -2.52. The standard InChI is InChI=1S/C25H26N2S/c1-19-7-11-21(12-8-19)17-24(28-23-13-9-20(2)10-14-23)15-16-27-25-6-4-3-5-22(25)18-26-27/h3-14,18,24H,15-17H2,1-2H3. The number of para-hydroxylation sites is 1. The van der Waals surface area contributed by atoms with Crippen LogP contribution in [0.2, 0.25) is 0 Å². The molecule has 1 heterocycles. The van der Waals surface area contributed by atoms with Crippen molar-refractivity contribution in [3.8, 4) is 0 Å². The Bertz CT molecular complexity index is 985. The van der Waals surface area contributed by atoms with Gasteiger partial charge >= 0.3 is 0 Å². The molecule has 0 spiro atoms. The molecule has 2 nitrogen and oxygen atoms in total. The second-order valence-electron chi connectivity index (χ2n) is 7.46. The van der Waals surface area contributed by atoms with Gasteiger partial charge in [-0.2, -0.15) is 5.10 Å². The van der Waals surface area contributed by atoms with Crippen LogP contribution in [0.25, 0.3) is 10.9 Å². The molecule has 4 aromatic rings. The van der Waals surface area contributed by atoms with Gasteiger partial charge in [-0.15, -0.1) is 11.8 Å². The monoisotopic (exact) mass is 386 g/mol. The third kappa shape index (κ3) is 4.66. The first-order valence-electron chi connectivity index (χ1n) is 9.87. The lowest BCUT2D eigenvalue weighted by atomic mass is 10.1. The van der Waals surface area contributed by atoms with E-state index in [1.54, 1.807) is 0 Å². The molecule has 0 aliphatic rings. The lowest BCUT2D eigenvalue weighted by Gasteiger charge is -2.17. The summed E-state index contributed by atoms with van der Waals surface area (Å²) < 4.78 is 2.15. The second kappa shape index (κ2) is 8.66. The van der Waals surface area contributed by atoms with Crippen molar-refractivity contribution in [1.29, 1.82) is 0 Å². The van der Waals surface area contributed by atoms with Crippen LogP contribution in [0.15, 0.2) is 83.9 Å². The van der Waals surface area contributed by atoms with Crippen LogP contribution in [0.1, 0.15) is 23.1 Å². The highest BCUT2D eigenvalue weighted by molar-refractivity contribution is 8.00. The summed E-state index contributed by atoms with van der Waals surface area (Å²) in [5.74, 6) is 0. The molecule has 3 aromatic carbocycles. The van der Waals surface area contributed by atoms with E-state index in [2.05, 4.69) is 96.4 Å². The molecule has 1 aromatic heterocycles. The summed E-state index contributed by atoms with van der Waals surface area (Å²) in [5, 5.41) is 6.33. The molecule has 0 saturated heterocycles. The highest BCUT2D eigenvalue weighted by Gasteiger charge is 2.13. The van der Waals surface area contributed by atoms with Gasteiger partial charge in [0.25, 0.3) is 0 Å². The Labute approximate surface area is 171 Å². The molecule has 4 rings (SSSR count). The van der Waals surface area contributed by atoms with Gasteiger partial charge in [0.1, 0.15) is 0 Å². The van der Waals surface area contributed by atoms with Crippen LogP contribution >= 0.6 is 11.8 Å². The fourth-order valence-electron chi connectivity index (χ4n) is 3.47. The Balaban J connectivity index is 1.51. The second-order valence-corrected chi connectivity index (χ2v) is 8.83. The molecule has 0 bridgehead atoms. The van der Waals surface area contributed by atoms with E-state index in [0.717, 1.165) is 19.4 Å². The van der Waals surface area contributed by atoms with Gasteiger partial charge in [0.2, 0.25) is 0 Å². The fraction of sp³-hybridized carbons (Fsp3) is 0.240. The topological polar surface area (TPSA) is 17.8 Å². The summed E-state index contributed by atoms with van der Waals surface area (Å²) in [6.45, 7) is 5.22. The molecule has 0 N–H and O–H groups in total. The minimum atomic E-state index is 0.508. The number of nitrogens with zero attached hydrogens (tertiary/aromatic N) is 2. The summed E-state index contributed by atoms with van der Waals surface area (Å²) in [6, 6.07) is 26.3. The van der Waals surface area contributed by atoms with Crippen molar-refractivity contribution < 1.29 is 0 Å². The number of aryl methyl sites for hydroxylation is 3. The van der Waals surface area contributed by atoms with Gasteiger partial charge < -0.3 is 0 Å². The third-order valence-electron chi connectivity index (χ3n) is 5.12. The zero-order valence-corrected chi connectivity index (χ0v) is 17.3. The average molecular weight is 387 g/mol.